The second kappa shape index (κ2) is 6.69. The molecule has 0 unspecified atom stereocenters. The van der Waals surface area contributed by atoms with Crippen LogP contribution in [0.1, 0.15) is 19.4 Å². The third kappa shape index (κ3) is 4.42. The number of nitrogens with zero attached hydrogens (tertiary/aromatic N) is 2. The zero-order valence-corrected chi connectivity index (χ0v) is 10.6. The van der Waals surface area contributed by atoms with Gasteiger partial charge in [0.25, 0.3) is 0 Å². The van der Waals surface area contributed by atoms with E-state index in [4.69, 9.17) is 0 Å². The van der Waals surface area contributed by atoms with Crippen LogP contribution in [-0.4, -0.2) is 46.4 Å². The molecule has 0 fully saturated rings. The van der Waals surface area contributed by atoms with E-state index in [0.717, 1.165) is 13.1 Å². The van der Waals surface area contributed by atoms with Gasteiger partial charge in [-0.3, -0.25) is 9.88 Å². The van der Waals surface area contributed by atoms with Crippen LogP contribution in [0.4, 0.5) is 0 Å². The van der Waals surface area contributed by atoms with Crippen LogP contribution in [0.2, 0.25) is 0 Å². The highest BCUT2D eigenvalue weighted by Crippen LogP contribution is 2.17. The standard InChI is InChI=1S/C13H22N2O2/c1-3-15(9-13(2,10-16)11-17)8-12-4-6-14-7-5-12/h4-7,16-17H,3,8-11H2,1-2H3. The molecule has 0 saturated heterocycles. The van der Waals surface area contributed by atoms with Crippen molar-refractivity contribution in [3.63, 3.8) is 0 Å². The third-order valence-corrected chi connectivity index (χ3v) is 2.97. The third-order valence-electron chi connectivity index (χ3n) is 2.97. The minimum Gasteiger partial charge on any atom is -0.396 e. The fraction of sp³-hybridized carbons (Fsp3) is 0.615. The number of aliphatic hydroxyl groups is 2. The molecular weight excluding hydrogens is 216 g/mol. The average molecular weight is 238 g/mol. The first kappa shape index (κ1) is 14.1. The Hall–Kier alpha value is -0.970. The number of hydrogen-bond donors (Lipinski definition) is 2. The molecule has 1 aromatic heterocycles. The molecule has 0 bridgehead atoms. The summed E-state index contributed by atoms with van der Waals surface area (Å²) in [6, 6.07) is 3.97. The number of aliphatic hydroxyl groups excluding tert-OH is 2. The molecule has 1 rings (SSSR count). The Morgan fingerprint density at radius 2 is 1.82 bits per heavy atom. The van der Waals surface area contributed by atoms with Gasteiger partial charge in [-0.05, 0) is 24.2 Å². The molecule has 0 amide bonds. The summed E-state index contributed by atoms with van der Waals surface area (Å²) in [6.45, 7) is 6.34. The van der Waals surface area contributed by atoms with Crippen molar-refractivity contribution in [3.8, 4) is 0 Å². The van der Waals surface area contributed by atoms with E-state index >= 15 is 0 Å². The molecule has 1 aromatic rings. The summed E-state index contributed by atoms with van der Waals surface area (Å²) in [7, 11) is 0. The lowest BCUT2D eigenvalue weighted by Gasteiger charge is -2.32. The van der Waals surface area contributed by atoms with Crippen LogP contribution in [0.25, 0.3) is 0 Å². The van der Waals surface area contributed by atoms with Crippen molar-refractivity contribution in [1.29, 1.82) is 0 Å². The highest BCUT2D eigenvalue weighted by atomic mass is 16.3. The van der Waals surface area contributed by atoms with E-state index in [1.54, 1.807) is 12.4 Å². The maximum absolute atomic E-state index is 9.30. The van der Waals surface area contributed by atoms with Crippen LogP contribution in [0.15, 0.2) is 24.5 Å². The summed E-state index contributed by atoms with van der Waals surface area (Å²) >= 11 is 0. The molecule has 1 heterocycles. The maximum Gasteiger partial charge on any atom is 0.0519 e. The van der Waals surface area contributed by atoms with Gasteiger partial charge in [-0.25, -0.2) is 0 Å². The van der Waals surface area contributed by atoms with E-state index < -0.39 is 5.41 Å². The Morgan fingerprint density at radius 1 is 1.24 bits per heavy atom. The van der Waals surface area contributed by atoms with Crippen LogP contribution in [-0.2, 0) is 6.54 Å². The molecule has 0 atom stereocenters. The Bertz CT molecular complexity index is 312. The monoisotopic (exact) mass is 238 g/mol. The first-order valence-corrected chi connectivity index (χ1v) is 5.96. The minimum absolute atomic E-state index is 0.00363. The van der Waals surface area contributed by atoms with Gasteiger partial charge in [-0.15, -0.1) is 0 Å². The van der Waals surface area contributed by atoms with Crippen LogP contribution in [0, 0.1) is 5.41 Å². The van der Waals surface area contributed by atoms with E-state index in [-0.39, 0.29) is 13.2 Å². The van der Waals surface area contributed by atoms with Gasteiger partial charge in [0.1, 0.15) is 0 Å². The van der Waals surface area contributed by atoms with Gasteiger partial charge in [0.15, 0.2) is 0 Å². The maximum atomic E-state index is 9.30. The van der Waals surface area contributed by atoms with Crippen molar-refractivity contribution in [1.82, 2.24) is 9.88 Å². The van der Waals surface area contributed by atoms with Crippen molar-refractivity contribution in [2.45, 2.75) is 20.4 Å². The van der Waals surface area contributed by atoms with E-state index in [1.165, 1.54) is 5.56 Å². The van der Waals surface area contributed by atoms with Gasteiger partial charge >= 0.3 is 0 Å². The molecule has 0 aliphatic rings. The van der Waals surface area contributed by atoms with Crippen LogP contribution in [0.5, 0.6) is 0 Å². The molecule has 0 aliphatic heterocycles. The van der Waals surface area contributed by atoms with E-state index in [0.29, 0.717) is 6.54 Å². The zero-order valence-electron chi connectivity index (χ0n) is 10.6. The smallest absolute Gasteiger partial charge is 0.0519 e. The first-order valence-electron chi connectivity index (χ1n) is 5.96. The van der Waals surface area contributed by atoms with Gasteiger partial charge in [0, 0.05) is 30.9 Å². The second-order valence-corrected chi connectivity index (χ2v) is 4.79. The van der Waals surface area contributed by atoms with Crippen molar-refractivity contribution >= 4 is 0 Å². The van der Waals surface area contributed by atoms with Crippen molar-refractivity contribution < 1.29 is 10.2 Å². The van der Waals surface area contributed by atoms with E-state index in [2.05, 4.69) is 16.8 Å². The zero-order chi connectivity index (χ0) is 12.7. The second-order valence-electron chi connectivity index (χ2n) is 4.79. The van der Waals surface area contributed by atoms with E-state index in [9.17, 15) is 10.2 Å². The molecule has 96 valence electrons. The quantitative estimate of drug-likeness (QED) is 0.741. The molecule has 0 saturated carbocycles. The van der Waals surface area contributed by atoms with E-state index in [1.807, 2.05) is 19.1 Å². The summed E-state index contributed by atoms with van der Waals surface area (Å²) < 4.78 is 0. The summed E-state index contributed by atoms with van der Waals surface area (Å²) in [5.41, 5.74) is 0.753. The lowest BCUT2D eigenvalue weighted by atomic mass is 9.92. The van der Waals surface area contributed by atoms with Crippen LogP contribution < -0.4 is 0 Å². The normalized spacial score (nSPS) is 12.1. The molecule has 0 spiro atoms. The number of hydrogen-bond acceptors (Lipinski definition) is 4. The van der Waals surface area contributed by atoms with Gasteiger partial charge in [0.2, 0.25) is 0 Å². The predicted molar refractivity (Wildman–Crippen MR) is 67.5 cm³/mol. The predicted octanol–water partition coefficient (Wildman–Crippen LogP) is 0.894. The summed E-state index contributed by atoms with van der Waals surface area (Å²) in [5, 5.41) is 18.6. The molecular formula is C13H22N2O2. The first-order chi connectivity index (χ1) is 8.13. The van der Waals surface area contributed by atoms with Crippen LogP contribution >= 0.6 is 0 Å². The van der Waals surface area contributed by atoms with Gasteiger partial charge in [0.05, 0.1) is 13.2 Å². The van der Waals surface area contributed by atoms with Crippen molar-refractivity contribution in [3.05, 3.63) is 30.1 Å². The molecule has 0 aliphatic carbocycles. The SMILES string of the molecule is CCN(Cc1ccncc1)CC(C)(CO)CO. The van der Waals surface area contributed by atoms with Gasteiger partial charge in [-0.2, -0.15) is 0 Å². The molecule has 0 radical (unpaired) electrons. The Morgan fingerprint density at radius 3 is 2.29 bits per heavy atom. The minimum atomic E-state index is -0.441. The Balaban J connectivity index is 2.60. The fourth-order valence-electron chi connectivity index (χ4n) is 1.72. The summed E-state index contributed by atoms with van der Waals surface area (Å²) in [4.78, 5) is 6.20. The van der Waals surface area contributed by atoms with Crippen molar-refractivity contribution in [2.75, 3.05) is 26.3 Å². The fourth-order valence-corrected chi connectivity index (χ4v) is 1.72. The lowest BCUT2D eigenvalue weighted by molar-refractivity contribution is 0.0343. The average Bonchev–Trinajstić information content (AvgIpc) is 2.39. The number of pyridine rings is 1. The number of rotatable bonds is 7. The molecule has 2 N–H and O–H groups in total. The van der Waals surface area contributed by atoms with Crippen molar-refractivity contribution in [2.24, 2.45) is 5.41 Å². The van der Waals surface area contributed by atoms with Gasteiger partial charge in [-0.1, -0.05) is 13.8 Å². The molecule has 4 nitrogen and oxygen atoms in total. The lowest BCUT2D eigenvalue weighted by Crippen LogP contribution is -2.40. The summed E-state index contributed by atoms with van der Waals surface area (Å²) in [5.74, 6) is 0. The molecule has 17 heavy (non-hydrogen) atoms. The Labute approximate surface area is 103 Å². The highest BCUT2D eigenvalue weighted by molar-refractivity contribution is 5.09. The van der Waals surface area contributed by atoms with Crippen LogP contribution in [0.3, 0.4) is 0 Å². The van der Waals surface area contributed by atoms with Gasteiger partial charge < -0.3 is 10.2 Å². The Kier molecular flexibility index (Phi) is 5.55. The molecule has 4 heteroatoms. The topological polar surface area (TPSA) is 56.6 Å². The summed E-state index contributed by atoms with van der Waals surface area (Å²) in [6.07, 6.45) is 3.56. The molecule has 0 aromatic carbocycles. The highest BCUT2D eigenvalue weighted by Gasteiger charge is 2.25. The number of aromatic nitrogens is 1. The largest absolute Gasteiger partial charge is 0.396 e.